The molecule has 0 spiro atoms. The Morgan fingerprint density at radius 1 is 1.57 bits per heavy atom. The molecular formula is C9H11FNO2Si. The fraction of sp³-hybridized carbons (Fsp3) is 0.333. The van der Waals surface area contributed by atoms with Gasteiger partial charge in [0.05, 0.1) is 24.0 Å². The Morgan fingerprint density at radius 3 is 2.71 bits per heavy atom. The van der Waals surface area contributed by atoms with Crippen LogP contribution in [0.1, 0.15) is 5.56 Å². The predicted molar refractivity (Wildman–Crippen MR) is 51.7 cm³/mol. The van der Waals surface area contributed by atoms with Crippen LogP contribution >= 0.6 is 0 Å². The average Bonchev–Trinajstić information content (AvgIpc) is 2.16. The Morgan fingerprint density at radius 2 is 2.21 bits per heavy atom. The molecule has 75 valence electrons. The Kier molecular flexibility index (Phi) is 3.25. The number of ether oxygens (including phenoxy) is 1. The zero-order valence-electron chi connectivity index (χ0n) is 7.75. The monoisotopic (exact) mass is 212 g/mol. The van der Waals surface area contributed by atoms with Gasteiger partial charge in [0.1, 0.15) is 11.6 Å². The van der Waals surface area contributed by atoms with Gasteiger partial charge in [-0.05, 0) is 17.7 Å². The third-order valence-electron chi connectivity index (χ3n) is 1.87. The summed E-state index contributed by atoms with van der Waals surface area (Å²) in [6.07, 6.45) is 0. The van der Waals surface area contributed by atoms with Gasteiger partial charge >= 0.3 is 0 Å². The van der Waals surface area contributed by atoms with Crippen molar-refractivity contribution >= 4 is 10.2 Å². The van der Waals surface area contributed by atoms with Gasteiger partial charge in [-0.3, -0.25) is 0 Å². The molecule has 1 aromatic carbocycles. The van der Waals surface area contributed by atoms with Crippen LogP contribution in [-0.4, -0.2) is 29.1 Å². The largest absolute Gasteiger partial charge is 0.497 e. The van der Waals surface area contributed by atoms with E-state index < -0.39 is 11.0 Å². The summed E-state index contributed by atoms with van der Waals surface area (Å²) in [5.41, 5.74) is 6.10. The van der Waals surface area contributed by atoms with Crippen molar-refractivity contribution in [1.82, 2.24) is 0 Å². The molecule has 0 aromatic heterocycles. The molecule has 0 aliphatic rings. The fourth-order valence-electron chi connectivity index (χ4n) is 1.03. The van der Waals surface area contributed by atoms with Crippen molar-refractivity contribution in [3.05, 3.63) is 29.6 Å². The average molecular weight is 212 g/mol. The van der Waals surface area contributed by atoms with Gasteiger partial charge in [0, 0.05) is 11.2 Å². The van der Waals surface area contributed by atoms with Crippen LogP contribution in [0.2, 0.25) is 0 Å². The molecule has 0 saturated heterocycles. The molecule has 1 aromatic rings. The third kappa shape index (κ3) is 2.31. The van der Waals surface area contributed by atoms with Crippen molar-refractivity contribution in [2.45, 2.75) is 5.16 Å². The van der Waals surface area contributed by atoms with E-state index >= 15 is 0 Å². The number of nitrogens with two attached hydrogens (primary N) is 1. The summed E-state index contributed by atoms with van der Waals surface area (Å²) in [4.78, 5) is 0. The van der Waals surface area contributed by atoms with Gasteiger partial charge in [0.25, 0.3) is 0 Å². The van der Waals surface area contributed by atoms with Crippen LogP contribution in [-0.2, 0) is 5.16 Å². The Balaban J connectivity index is 3.15. The van der Waals surface area contributed by atoms with E-state index in [1.807, 2.05) is 0 Å². The molecule has 0 heterocycles. The van der Waals surface area contributed by atoms with E-state index in [4.69, 9.17) is 15.6 Å². The SMILES string of the molecule is COc1cc(F)cc([C@](N)([Si])CO)c1. The van der Waals surface area contributed by atoms with Crippen molar-refractivity contribution in [2.24, 2.45) is 5.73 Å². The van der Waals surface area contributed by atoms with E-state index in [1.165, 1.54) is 19.2 Å². The molecular weight excluding hydrogens is 201 g/mol. The molecule has 0 bridgehead atoms. The molecule has 0 aliphatic heterocycles. The molecule has 0 saturated carbocycles. The highest BCUT2D eigenvalue weighted by atomic mass is 28.1. The van der Waals surface area contributed by atoms with E-state index in [1.54, 1.807) is 6.07 Å². The van der Waals surface area contributed by atoms with Crippen LogP contribution in [0, 0.1) is 5.82 Å². The van der Waals surface area contributed by atoms with Crippen LogP contribution in [0.3, 0.4) is 0 Å². The highest BCUT2D eigenvalue weighted by Gasteiger charge is 2.21. The van der Waals surface area contributed by atoms with Crippen LogP contribution in [0.4, 0.5) is 4.39 Å². The topological polar surface area (TPSA) is 55.5 Å². The molecule has 0 unspecified atom stereocenters. The van der Waals surface area contributed by atoms with Gasteiger partial charge < -0.3 is 15.6 Å². The van der Waals surface area contributed by atoms with Crippen molar-refractivity contribution < 1.29 is 14.2 Å². The molecule has 5 heteroatoms. The Hall–Kier alpha value is -0.913. The van der Waals surface area contributed by atoms with E-state index in [-0.39, 0.29) is 6.61 Å². The van der Waals surface area contributed by atoms with E-state index in [2.05, 4.69) is 10.2 Å². The number of methoxy groups -OCH3 is 1. The summed E-state index contributed by atoms with van der Waals surface area (Å²) in [6, 6.07) is 4.04. The lowest BCUT2D eigenvalue weighted by molar-refractivity contribution is 0.247. The van der Waals surface area contributed by atoms with Crippen molar-refractivity contribution in [2.75, 3.05) is 13.7 Å². The van der Waals surface area contributed by atoms with E-state index in [0.29, 0.717) is 11.3 Å². The summed E-state index contributed by atoms with van der Waals surface area (Å²) in [5, 5.41) is 7.82. The zero-order valence-corrected chi connectivity index (χ0v) is 8.75. The smallest absolute Gasteiger partial charge is 0.127 e. The lowest BCUT2D eigenvalue weighted by Crippen LogP contribution is -2.41. The minimum Gasteiger partial charge on any atom is -0.497 e. The number of hydrogen-bond donors (Lipinski definition) is 2. The Bertz CT molecular complexity index is 331. The fourth-order valence-corrected chi connectivity index (χ4v) is 1.17. The van der Waals surface area contributed by atoms with Crippen molar-refractivity contribution in [3.63, 3.8) is 0 Å². The highest BCUT2D eigenvalue weighted by Crippen LogP contribution is 2.21. The zero-order chi connectivity index (χ0) is 10.8. The van der Waals surface area contributed by atoms with Gasteiger partial charge in [0.2, 0.25) is 0 Å². The van der Waals surface area contributed by atoms with Gasteiger partial charge in [-0.2, -0.15) is 0 Å². The maximum Gasteiger partial charge on any atom is 0.127 e. The lowest BCUT2D eigenvalue weighted by atomic mass is 10.1. The van der Waals surface area contributed by atoms with Gasteiger partial charge in [-0.1, -0.05) is 0 Å². The normalized spacial score (nSPS) is 14.9. The van der Waals surface area contributed by atoms with Crippen molar-refractivity contribution in [3.8, 4) is 5.75 Å². The number of aliphatic hydroxyl groups excluding tert-OH is 1. The van der Waals surface area contributed by atoms with Gasteiger partial charge in [-0.15, -0.1) is 0 Å². The minimum absolute atomic E-state index is 0.337. The summed E-state index contributed by atoms with van der Waals surface area (Å²) in [6.45, 7) is -0.337. The standard InChI is InChI=1S/C9H11FNO2Si/c1-13-8-3-6(2-7(10)4-8)9(11,14)5-12/h2-4,12H,5,11H2,1H3/t9-/m1/s1. The first kappa shape index (κ1) is 11.2. The maximum atomic E-state index is 13.0. The number of benzene rings is 1. The molecule has 0 fully saturated rings. The summed E-state index contributed by atoms with van der Waals surface area (Å²) in [7, 11) is 4.58. The third-order valence-corrected chi connectivity index (χ3v) is 2.32. The molecule has 3 nitrogen and oxygen atoms in total. The lowest BCUT2D eigenvalue weighted by Gasteiger charge is -2.22. The summed E-state index contributed by atoms with van der Waals surface area (Å²) in [5.74, 6) is -0.0950. The first-order valence-corrected chi connectivity index (χ1v) is 4.49. The first-order chi connectivity index (χ1) is 6.49. The van der Waals surface area contributed by atoms with Crippen LogP contribution in [0.15, 0.2) is 18.2 Å². The number of aliphatic hydroxyl groups is 1. The van der Waals surface area contributed by atoms with Crippen LogP contribution < -0.4 is 10.5 Å². The second kappa shape index (κ2) is 4.08. The number of halogens is 1. The molecule has 0 amide bonds. The van der Waals surface area contributed by atoms with Crippen LogP contribution in [0.25, 0.3) is 0 Å². The maximum absolute atomic E-state index is 13.0. The molecule has 14 heavy (non-hydrogen) atoms. The number of rotatable bonds is 3. The molecule has 0 aliphatic carbocycles. The molecule has 1 atom stereocenters. The second-order valence-corrected chi connectivity index (χ2v) is 3.90. The van der Waals surface area contributed by atoms with Crippen molar-refractivity contribution in [1.29, 1.82) is 0 Å². The van der Waals surface area contributed by atoms with E-state index in [0.717, 1.165) is 0 Å². The highest BCUT2D eigenvalue weighted by molar-refractivity contribution is 6.15. The quantitative estimate of drug-likeness (QED) is 0.699. The number of hydrogen-bond acceptors (Lipinski definition) is 3. The van der Waals surface area contributed by atoms with Gasteiger partial charge in [0.15, 0.2) is 0 Å². The summed E-state index contributed by atoms with van der Waals surface area (Å²) < 4.78 is 17.9. The molecule has 3 radical (unpaired) electrons. The van der Waals surface area contributed by atoms with Crippen LogP contribution in [0.5, 0.6) is 5.75 Å². The first-order valence-electron chi connectivity index (χ1n) is 3.99. The van der Waals surface area contributed by atoms with Gasteiger partial charge in [-0.25, -0.2) is 4.39 Å². The second-order valence-electron chi connectivity index (χ2n) is 3.01. The Labute approximate surface area is 85.1 Å². The van der Waals surface area contributed by atoms with E-state index in [9.17, 15) is 4.39 Å². The summed E-state index contributed by atoms with van der Waals surface area (Å²) >= 11 is 0. The molecule has 3 N–H and O–H groups in total. The predicted octanol–water partition coefficient (Wildman–Crippen LogP) is 0.107. The minimum atomic E-state index is -1.14. The molecule has 1 rings (SSSR count).